The number of hydrogen-bond donors (Lipinski definition) is 0. The zero-order valence-corrected chi connectivity index (χ0v) is 11.9. The number of alkyl halides is 3. The van der Waals surface area contributed by atoms with E-state index in [4.69, 9.17) is 0 Å². The van der Waals surface area contributed by atoms with E-state index in [9.17, 15) is 18.0 Å². The monoisotopic (exact) mass is 296 g/mol. The molecular formula is C15H15F3N2O. The van der Waals surface area contributed by atoms with Crippen molar-refractivity contribution in [3.05, 3.63) is 47.8 Å². The summed E-state index contributed by atoms with van der Waals surface area (Å²) in [5, 5.41) is 3.76. The van der Waals surface area contributed by atoms with Gasteiger partial charge in [-0.25, -0.2) is 4.68 Å². The molecule has 1 aromatic carbocycles. The van der Waals surface area contributed by atoms with E-state index >= 15 is 0 Å². The smallest absolute Gasteiger partial charge is 0.293 e. The average Bonchev–Trinajstić information content (AvgIpc) is 2.82. The number of carbonyl (C=O) groups excluding carboxylic acids is 1. The third-order valence-electron chi connectivity index (χ3n) is 2.96. The largest absolute Gasteiger partial charge is 0.434 e. The number of rotatable bonds is 2. The summed E-state index contributed by atoms with van der Waals surface area (Å²) in [6.07, 6.45) is -3.67. The molecule has 0 saturated carbocycles. The van der Waals surface area contributed by atoms with Crippen molar-refractivity contribution in [3.63, 3.8) is 0 Å². The fourth-order valence-electron chi connectivity index (χ4n) is 1.96. The Labute approximate surface area is 120 Å². The van der Waals surface area contributed by atoms with Crippen molar-refractivity contribution in [2.45, 2.75) is 26.9 Å². The number of Topliss-reactive ketones (excluding diaryl/α,β-unsaturated/α-hetero) is 1. The van der Waals surface area contributed by atoms with Gasteiger partial charge >= 0.3 is 6.18 Å². The Bertz CT molecular complexity index is 652. The molecule has 0 aliphatic heterocycles. The Kier molecular flexibility index (Phi) is 3.65. The van der Waals surface area contributed by atoms with Gasteiger partial charge in [-0.05, 0) is 12.1 Å². The lowest BCUT2D eigenvalue weighted by atomic mass is 9.86. The Hall–Kier alpha value is -2.11. The Morgan fingerprint density at radius 3 is 2.14 bits per heavy atom. The molecule has 0 aliphatic carbocycles. The second kappa shape index (κ2) is 5.02. The van der Waals surface area contributed by atoms with Crippen LogP contribution < -0.4 is 0 Å². The molecule has 2 rings (SSSR count). The Morgan fingerprint density at radius 1 is 1.10 bits per heavy atom. The van der Waals surface area contributed by atoms with Gasteiger partial charge in [0.15, 0.2) is 11.5 Å². The molecule has 1 aromatic heterocycles. The maximum absolute atomic E-state index is 13.4. The number of carbonyl (C=O) groups is 1. The lowest BCUT2D eigenvalue weighted by molar-refractivity contribution is -0.143. The minimum absolute atomic E-state index is 0.262. The van der Waals surface area contributed by atoms with Crippen LogP contribution in [0.15, 0.2) is 36.5 Å². The fraction of sp³-hybridized carbons (Fsp3) is 0.333. The summed E-state index contributed by atoms with van der Waals surface area (Å²) in [7, 11) is 0. The molecular weight excluding hydrogens is 281 g/mol. The zero-order chi connectivity index (χ0) is 15.8. The molecule has 0 radical (unpaired) electrons. The van der Waals surface area contributed by atoms with Gasteiger partial charge < -0.3 is 0 Å². The molecule has 1 heterocycles. The highest BCUT2D eigenvalue weighted by atomic mass is 19.4. The SMILES string of the molecule is CC(C)(C)C(=O)c1cnn(-c2ccccc2)c1C(F)(F)F. The summed E-state index contributed by atoms with van der Waals surface area (Å²) in [6.45, 7) is 4.74. The van der Waals surface area contributed by atoms with Gasteiger partial charge in [-0.15, -0.1) is 0 Å². The normalized spacial score (nSPS) is 12.5. The molecule has 0 bridgehead atoms. The van der Waals surface area contributed by atoms with E-state index in [0.717, 1.165) is 10.9 Å². The number of para-hydroxylation sites is 1. The van der Waals surface area contributed by atoms with Gasteiger partial charge in [-0.3, -0.25) is 4.79 Å². The highest BCUT2D eigenvalue weighted by Crippen LogP contribution is 2.36. The molecule has 0 fully saturated rings. The topological polar surface area (TPSA) is 34.9 Å². The van der Waals surface area contributed by atoms with Crippen molar-refractivity contribution in [2.24, 2.45) is 5.41 Å². The molecule has 112 valence electrons. The second-order valence-electron chi connectivity index (χ2n) is 5.73. The van der Waals surface area contributed by atoms with E-state index in [1.165, 1.54) is 12.1 Å². The van der Waals surface area contributed by atoms with Gasteiger partial charge in [-0.1, -0.05) is 39.0 Å². The van der Waals surface area contributed by atoms with E-state index in [2.05, 4.69) is 5.10 Å². The third-order valence-corrected chi connectivity index (χ3v) is 2.96. The predicted octanol–water partition coefficient (Wildman–Crippen LogP) is 4.12. The van der Waals surface area contributed by atoms with E-state index in [-0.39, 0.29) is 5.69 Å². The number of ketones is 1. The van der Waals surface area contributed by atoms with Crippen LogP contribution in [0.2, 0.25) is 0 Å². The standard InChI is InChI=1S/C15H15F3N2O/c1-14(2,3)13(21)11-9-19-20(12(11)15(16,17)18)10-7-5-4-6-8-10/h4-9H,1-3H3. The summed E-state index contributed by atoms with van der Waals surface area (Å²) in [4.78, 5) is 12.2. The van der Waals surface area contributed by atoms with Crippen LogP contribution in [0.5, 0.6) is 0 Å². The van der Waals surface area contributed by atoms with E-state index < -0.39 is 28.6 Å². The lowest BCUT2D eigenvalue weighted by Crippen LogP contribution is -2.24. The van der Waals surface area contributed by atoms with Crippen LogP contribution in [-0.4, -0.2) is 15.6 Å². The third kappa shape index (κ3) is 2.99. The van der Waals surface area contributed by atoms with Gasteiger partial charge in [0.2, 0.25) is 0 Å². The van der Waals surface area contributed by atoms with Crippen LogP contribution in [-0.2, 0) is 6.18 Å². The molecule has 0 atom stereocenters. The highest BCUT2D eigenvalue weighted by molar-refractivity contribution is 6.00. The van der Waals surface area contributed by atoms with Crippen molar-refractivity contribution in [3.8, 4) is 5.69 Å². The summed E-state index contributed by atoms with van der Waals surface area (Å²) in [5.41, 5.74) is -2.09. The van der Waals surface area contributed by atoms with Crippen LogP contribution in [0.4, 0.5) is 13.2 Å². The van der Waals surface area contributed by atoms with Crippen molar-refractivity contribution in [1.82, 2.24) is 9.78 Å². The number of hydrogen-bond acceptors (Lipinski definition) is 2. The molecule has 3 nitrogen and oxygen atoms in total. The van der Waals surface area contributed by atoms with Gasteiger partial charge in [0.1, 0.15) is 0 Å². The van der Waals surface area contributed by atoms with E-state index in [1.54, 1.807) is 39.0 Å². The zero-order valence-electron chi connectivity index (χ0n) is 11.9. The quantitative estimate of drug-likeness (QED) is 0.781. The molecule has 6 heteroatoms. The number of nitrogens with zero attached hydrogens (tertiary/aromatic N) is 2. The summed E-state index contributed by atoms with van der Waals surface area (Å²) in [5.74, 6) is -0.586. The molecule has 21 heavy (non-hydrogen) atoms. The van der Waals surface area contributed by atoms with Crippen molar-refractivity contribution in [2.75, 3.05) is 0 Å². The van der Waals surface area contributed by atoms with Crippen LogP contribution in [0.1, 0.15) is 36.8 Å². The minimum Gasteiger partial charge on any atom is -0.293 e. The number of halogens is 3. The fourth-order valence-corrected chi connectivity index (χ4v) is 1.96. The van der Waals surface area contributed by atoms with Crippen molar-refractivity contribution in [1.29, 1.82) is 0 Å². The van der Waals surface area contributed by atoms with Gasteiger partial charge in [0, 0.05) is 5.41 Å². The first-order chi connectivity index (χ1) is 9.62. The second-order valence-corrected chi connectivity index (χ2v) is 5.73. The number of aromatic nitrogens is 2. The predicted molar refractivity (Wildman–Crippen MR) is 72.4 cm³/mol. The van der Waals surface area contributed by atoms with E-state index in [1.807, 2.05) is 0 Å². The lowest BCUT2D eigenvalue weighted by Gasteiger charge is -2.18. The Morgan fingerprint density at radius 2 is 1.67 bits per heavy atom. The molecule has 2 aromatic rings. The van der Waals surface area contributed by atoms with Crippen LogP contribution in [0, 0.1) is 5.41 Å². The van der Waals surface area contributed by atoms with Gasteiger partial charge in [0.05, 0.1) is 17.4 Å². The maximum Gasteiger partial charge on any atom is 0.434 e. The molecule has 0 amide bonds. The average molecular weight is 296 g/mol. The first-order valence-electron chi connectivity index (χ1n) is 6.38. The molecule has 0 unspecified atom stereocenters. The van der Waals surface area contributed by atoms with Crippen LogP contribution in [0.3, 0.4) is 0 Å². The Balaban J connectivity index is 2.66. The maximum atomic E-state index is 13.4. The summed E-state index contributed by atoms with van der Waals surface area (Å²) < 4.78 is 40.9. The minimum atomic E-state index is -4.66. The van der Waals surface area contributed by atoms with Crippen molar-refractivity contribution < 1.29 is 18.0 Å². The number of benzene rings is 1. The van der Waals surface area contributed by atoms with Crippen molar-refractivity contribution >= 4 is 5.78 Å². The molecule has 0 N–H and O–H groups in total. The van der Waals surface area contributed by atoms with E-state index in [0.29, 0.717) is 0 Å². The summed E-state index contributed by atoms with van der Waals surface area (Å²) in [6, 6.07) is 7.94. The van der Waals surface area contributed by atoms with Crippen LogP contribution in [0.25, 0.3) is 5.69 Å². The van der Waals surface area contributed by atoms with Crippen LogP contribution >= 0.6 is 0 Å². The van der Waals surface area contributed by atoms with Gasteiger partial charge in [-0.2, -0.15) is 18.3 Å². The molecule has 0 spiro atoms. The molecule has 0 saturated heterocycles. The highest BCUT2D eigenvalue weighted by Gasteiger charge is 2.42. The summed E-state index contributed by atoms with van der Waals surface area (Å²) >= 11 is 0. The first kappa shape index (κ1) is 15.3. The molecule has 0 aliphatic rings. The van der Waals surface area contributed by atoms with Gasteiger partial charge in [0.25, 0.3) is 0 Å². The first-order valence-corrected chi connectivity index (χ1v) is 6.38.